The van der Waals surface area contributed by atoms with Crippen LogP contribution in [0.15, 0.2) is 22.7 Å². The monoisotopic (exact) mass is 330 g/mol. The Labute approximate surface area is 124 Å². The Morgan fingerprint density at radius 2 is 1.89 bits per heavy atom. The van der Waals surface area contributed by atoms with Gasteiger partial charge in [-0.1, -0.05) is 19.9 Å². The highest BCUT2D eigenvalue weighted by Crippen LogP contribution is 2.27. The Bertz CT molecular complexity index is 417. The lowest BCUT2D eigenvalue weighted by molar-refractivity contribution is 0.105. The first-order valence-electron chi connectivity index (χ1n) is 6.74. The van der Waals surface area contributed by atoms with E-state index in [9.17, 15) is 4.39 Å². The minimum atomic E-state index is -0.234. The number of hydrogen-bond acceptors (Lipinski definition) is 2. The molecule has 0 saturated carbocycles. The highest BCUT2D eigenvalue weighted by atomic mass is 79.9. The first-order chi connectivity index (χ1) is 8.87. The van der Waals surface area contributed by atoms with Crippen molar-refractivity contribution in [1.82, 2.24) is 4.90 Å². The van der Waals surface area contributed by atoms with Crippen LogP contribution in [-0.2, 0) is 6.42 Å². The number of benzene rings is 1. The topological polar surface area (TPSA) is 29.3 Å². The minimum Gasteiger partial charge on any atom is -0.326 e. The lowest BCUT2D eigenvalue weighted by atomic mass is 9.81. The van der Waals surface area contributed by atoms with Crippen molar-refractivity contribution >= 4 is 15.9 Å². The first kappa shape index (κ1) is 16.6. The van der Waals surface area contributed by atoms with Crippen LogP contribution in [0.5, 0.6) is 0 Å². The van der Waals surface area contributed by atoms with Crippen LogP contribution in [0.25, 0.3) is 0 Å². The summed E-state index contributed by atoms with van der Waals surface area (Å²) in [7, 11) is 4.15. The van der Waals surface area contributed by atoms with Gasteiger partial charge in [-0.2, -0.15) is 0 Å². The molecule has 2 nitrogen and oxygen atoms in total. The van der Waals surface area contributed by atoms with E-state index in [1.807, 2.05) is 12.1 Å². The van der Waals surface area contributed by atoms with Crippen molar-refractivity contribution in [3.05, 3.63) is 34.1 Å². The molecule has 0 aliphatic rings. The SMILES string of the molecule is CCC(CC)(C(N)Cc1ccc(F)c(Br)c1)N(C)C. The number of halogens is 2. The summed E-state index contributed by atoms with van der Waals surface area (Å²) in [6, 6.07) is 5.14. The van der Waals surface area contributed by atoms with Gasteiger partial charge in [-0.05, 0) is 67.0 Å². The van der Waals surface area contributed by atoms with E-state index in [4.69, 9.17) is 5.73 Å². The van der Waals surface area contributed by atoms with Gasteiger partial charge in [0.15, 0.2) is 0 Å². The summed E-state index contributed by atoms with van der Waals surface area (Å²) in [5.41, 5.74) is 7.50. The normalized spacial score (nSPS) is 13.9. The second-order valence-corrected chi connectivity index (χ2v) is 6.12. The van der Waals surface area contributed by atoms with Crippen LogP contribution >= 0.6 is 15.9 Å². The molecule has 0 aliphatic carbocycles. The summed E-state index contributed by atoms with van der Waals surface area (Å²) in [4.78, 5) is 2.22. The largest absolute Gasteiger partial charge is 0.326 e. The van der Waals surface area contributed by atoms with E-state index < -0.39 is 0 Å². The molecule has 1 atom stereocenters. The molecule has 0 fully saturated rings. The summed E-state index contributed by atoms with van der Waals surface area (Å²) >= 11 is 3.22. The van der Waals surface area contributed by atoms with Gasteiger partial charge in [-0.15, -0.1) is 0 Å². The van der Waals surface area contributed by atoms with Gasteiger partial charge < -0.3 is 10.6 Å². The number of likely N-dealkylation sites (N-methyl/N-ethyl adjacent to an activating group) is 1. The van der Waals surface area contributed by atoms with Crippen LogP contribution < -0.4 is 5.73 Å². The molecular weight excluding hydrogens is 307 g/mol. The Morgan fingerprint density at radius 3 is 2.32 bits per heavy atom. The quantitative estimate of drug-likeness (QED) is 0.863. The third-order valence-electron chi connectivity index (χ3n) is 4.24. The highest BCUT2D eigenvalue weighted by molar-refractivity contribution is 9.10. The molecular formula is C15H24BrFN2. The average molecular weight is 331 g/mol. The van der Waals surface area contributed by atoms with Crippen molar-refractivity contribution in [3.8, 4) is 0 Å². The Balaban J connectivity index is 2.93. The molecule has 0 saturated heterocycles. The van der Waals surface area contributed by atoms with E-state index in [0.29, 0.717) is 4.47 Å². The van der Waals surface area contributed by atoms with Crippen LogP contribution in [-0.4, -0.2) is 30.6 Å². The maximum atomic E-state index is 13.2. The fourth-order valence-electron chi connectivity index (χ4n) is 2.85. The second kappa shape index (κ2) is 6.82. The molecule has 1 unspecified atom stereocenters. The van der Waals surface area contributed by atoms with Crippen LogP contribution in [0.3, 0.4) is 0 Å². The van der Waals surface area contributed by atoms with E-state index in [-0.39, 0.29) is 17.4 Å². The minimum absolute atomic E-state index is 0.0130. The molecule has 2 N–H and O–H groups in total. The first-order valence-corrected chi connectivity index (χ1v) is 7.53. The standard InChI is InChI=1S/C15H24BrFN2/c1-5-15(6-2,19(3)4)14(18)10-11-7-8-13(17)12(16)9-11/h7-9,14H,5-6,10,18H2,1-4H3. The van der Waals surface area contributed by atoms with E-state index in [0.717, 1.165) is 24.8 Å². The summed E-state index contributed by atoms with van der Waals surface area (Å²) < 4.78 is 13.7. The van der Waals surface area contributed by atoms with Crippen molar-refractivity contribution in [1.29, 1.82) is 0 Å². The number of nitrogens with zero attached hydrogens (tertiary/aromatic N) is 1. The van der Waals surface area contributed by atoms with Gasteiger partial charge in [0.1, 0.15) is 5.82 Å². The summed E-state index contributed by atoms with van der Waals surface area (Å²) in [5.74, 6) is -0.234. The van der Waals surface area contributed by atoms with Crippen LogP contribution in [0.1, 0.15) is 32.3 Å². The van der Waals surface area contributed by atoms with Crippen molar-refractivity contribution in [2.75, 3.05) is 14.1 Å². The molecule has 0 heterocycles. The lowest BCUT2D eigenvalue weighted by Crippen LogP contribution is -2.57. The maximum Gasteiger partial charge on any atom is 0.137 e. The molecule has 0 spiro atoms. The average Bonchev–Trinajstić information content (AvgIpc) is 2.35. The molecule has 0 aromatic heterocycles. The Hall–Kier alpha value is -0.450. The van der Waals surface area contributed by atoms with E-state index in [1.54, 1.807) is 0 Å². The van der Waals surface area contributed by atoms with Crippen molar-refractivity contribution in [2.24, 2.45) is 5.73 Å². The lowest BCUT2D eigenvalue weighted by Gasteiger charge is -2.43. The van der Waals surface area contributed by atoms with Gasteiger partial charge >= 0.3 is 0 Å². The predicted octanol–water partition coefficient (Wildman–Crippen LogP) is 3.58. The molecule has 19 heavy (non-hydrogen) atoms. The van der Waals surface area contributed by atoms with Crippen molar-refractivity contribution < 1.29 is 4.39 Å². The van der Waals surface area contributed by atoms with E-state index in [1.165, 1.54) is 6.07 Å². The molecule has 0 aliphatic heterocycles. The van der Waals surface area contributed by atoms with Crippen LogP contribution in [0, 0.1) is 5.82 Å². The zero-order valence-corrected chi connectivity index (χ0v) is 13.8. The Morgan fingerprint density at radius 1 is 1.32 bits per heavy atom. The number of rotatable bonds is 6. The van der Waals surface area contributed by atoms with Gasteiger partial charge in [-0.25, -0.2) is 4.39 Å². The summed E-state index contributed by atoms with van der Waals surface area (Å²) in [6.45, 7) is 4.34. The van der Waals surface area contributed by atoms with E-state index in [2.05, 4.69) is 48.8 Å². The van der Waals surface area contributed by atoms with Crippen molar-refractivity contribution in [3.63, 3.8) is 0 Å². The fraction of sp³-hybridized carbons (Fsp3) is 0.600. The molecule has 1 aromatic carbocycles. The Kier molecular flexibility index (Phi) is 5.96. The van der Waals surface area contributed by atoms with Gasteiger partial charge in [0.25, 0.3) is 0 Å². The van der Waals surface area contributed by atoms with Gasteiger partial charge in [-0.3, -0.25) is 0 Å². The second-order valence-electron chi connectivity index (χ2n) is 5.26. The van der Waals surface area contributed by atoms with Gasteiger partial charge in [0.2, 0.25) is 0 Å². The highest BCUT2D eigenvalue weighted by Gasteiger charge is 2.35. The van der Waals surface area contributed by atoms with Crippen LogP contribution in [0.4, 0.5) is 4.39 Å². The van der Waals surface area contributed by atoms with Crippen LogP contribution in [0.2, 0.25) is 0 Å². The maximum absolute atomic E-state index is 13.2. The number of nitrogens with two attached hydrogens (primary N) is 1. The number of hydrogen-bond donors (Lipinski definition) is 1. The van der Waals surface area contributed by atoms with Crippen molar-refractivity contribution in [2.45, 2.75) is 44.7 Å². The molecule has 1 rings (SSSR count). The van der Waals surface area contributed by atoms with E-state index >= 15 is 0 Å². The third-order valence-corrected chi connectivity index (χ3v) is 4.85. The zero-order valence-electron chi connectivity index (χ0n) is 12.2. The summed E-state index contributed by atoms with van der Waals surface area (Å²) in [5, 5.41) is 0. The smallest absolute Gasteiger partial charge is 0.137 e. The molecule has 108 valence electrons. The molecule has 0 bridgehead atoms. The fourth-order valence-corrected chi connectivity index (χ4v) is 3.28. The third kappa shape index (κ3) is 3.56. The molecule has 0 amide bonds. The van der Waals surface area contributed by atoms with Gasteiger partial charge in [0.05, 0.1) is 4.47 Å². The molecule has 0 radical (unpaired) electrons. The predicted molar refractivity (Wildman–Crippen MR) is 82.8 cm³/mol. The van der Waals surface area contributed by atoms with Gasteiger partial charge in [0, 0.05) is 11.6 Å². The summed E-state index contributed by atoms with van der Waals surface area (Å²) in [6.07, 6.45) is 2.75. The molecule has 4 heteroatoms. The zero-order chi connectivity index (χ0) is 14.6. The molecule has 1 aromatic rings.